The number of hydrogen-bond donors (Lipinski definition) is 4. The topological polar surface area (TPSA) is 113 Å². The van der Waals surface area contributed by atoms with E-state index in [1.54, 1.807) is 25.1 Å². The van der Waals surface area contributed by atoms with Crippen molar-refractivity contribution in [1.82, 2.24) is 0 Å². The van der Waals surface area contributed by atoms with Gasteiger partial charge in [-0.25, -0.2) is 13.6 Å². The summed E-state index contributed by atoms with van der Waals surface area (Å²) in [7, 11) is -3.72. The molecule has 5 N–H and O–H groups in total. The molecule has 1 unspecified atom stereocenters. The third-order valence-corrected chi connectivity index (χ3v) is 3.99. The molecule has 0 aliphatic carbocycles. The summed E-state index contributed by atoms with van der Waals surface area (Å²) in [6.07, 6.45) is 0. The number of rotatable bonds is 4. The Bertz CT molecular complexity index is 722. The largest absolute Gasteiger partial charge is 0.507 e. The molecular weight excluding hydrogens is 292 g/mol. The van der Waals surface area contributed by atoms with E-state index in [0.717, 1.165) is 0 Å². The summed E-state index contributed by atoms with van der Waals surface area (Å²) in [6.45, 7) is 1.77. The van der Waals surface area contributed by atoms with E-state index in [0.29, 0.717) is 11.3 Å². The number of aromatic hydroxyl groups is 2. The number of hydrogen-bond acceptors (Lipinski definition) is 5. The molecule has 2 aromatic rings. The van der Waals surface area contributed by atoms with Crippen LogP contribution in [0.2, 0.25) is 0 Å². The molecule has 2 aromatic carbocycles. The van der Waals surface area contributed by atoms with E-state index < -0.39 is 10.0 Å². The molecule has 6 nitrogen and oxygen atoms in total. The lowest BCUT2D eigenvalue weighted by Crippen LogP contribution is -2.12. The first-order chi connectivity index (χ1) is 9.79. The van der Waals surface area contributed by atoms with Crippen LogP contribution in [0.4, 0.5) is 5.69 Å². The van der Waals surface area contributed by atoms with Crippen LogP contribution in [-0.2, 0) is 10.0 Å². The van der Waals surface area contributed by atoms with Gasteiger partial charge in [0.2, 0.25) is 10.0 Å². The Labute approximate surface area is 122 Å². The van der Waals surface area contributed by atoms with Gasteiger partial charge in [0.15, 0.2) is 0 Å². The zero-order valence-corrected chi connectivity index (χ0v) is 12.1. The predicted octanol–water partition coefficient (Wildman–Crippen LogP) is 1.92. The van der Waals surface area contributed by atoms with E-state index >= 15 is 0 Å². The van der Waals surface area contributed by atoms with E-state index in [1.165, 1.54) is 24.3 Å². The minimum atomic E-state index is -3.72. The molecule has 0 radical (unpaired) electrons. The van der Waals surface area contributed by atoms with Crippen LogP contribution in [-0.4, -0.2) is 18.6 Å². The maximum atomic E-state index is 11.2. The van der Waals surface area contributed by atoms with Crippen LogP contribution in [0.25, 0.3) is 0 Å². The number of benzene rings is 2. The normalized spacial score (nSPS) is 12.9. The van der Waals surface area contributed by atoms with Crippen LogP contribution in [0.1, 0.15) is 18.5 Å². The Hall–Kier alpha value is -2.25. The summed E-state index contributed by atoms with van der Waals surface area (Å²) in [5.41, 5.74) is 1.01. The van der Waals surface area contributed by atoms with E-state index in [1.807, 2.05) is 0 Å². The molecule has 0 aromatic heterocycles. The summed E-state index contributed by atoms with van der Waals surface area (Å²) >= 11 is 0. The summed E-state index contributed by atoms with van der Waals surface area (Å²) in [5, 5.41) is 27.7. The predicted molar refractivity (Wildman–Crippen MR) is 79.6 cm³/mol. The van der Waals surface area contributed by atoms with Gasteiger partial charge in [-0.15, -0.1) is 0 Å². The van der Waals surface area contributed by atoms with Crippen LogP contribution in [0.15, 0.2) is 47.4 Å². The molecule has 0 saturated heterocycles. The van der Waals surface area contributed by atoms with Gasteiger partial charge < -0.3 is 15.5 Å². The molecule has 0 heterocycles. The van der Waals surface area contributed by atoms with Crippen molar-refractivity contribution in [2.45, 2.75) is 17.9 Å². The second kappa shape index (κ2) is 5.63. The van der Waals surface area contributed by atoms with Gasteiger partial charge in [0, 0.05) is 5.69 Å². The van der Waals surface area contributed by atoms with Crippen LogP contribution >= 0.6 is 0 Å². The van der Waals surface area contributed by atoms with Gasteiger partial charge in [-0.3, -0.25) is 0 Å². The molecule has 0 aliphatic heterocycles. The molecule has 21 heavy (non-hydrogen) atoms. The molecule has 0 saturated carbocycles. The lowest BCUT2D eigenvalue weighted by molar-refractivity contribution is 0.434. The third-order valence-electron chi connectivity index (χ3n) is 3.06. The summed E-state index contributed by atoms with van der Waals surface area (Å²) in [4.78, 5) is 0.0195. The number of phenols is 2. The lowest BCUT2D eigenvalue weighted by Gasteiger charge is -2.18. The van der Waals surface area contributed by atoms with Crippen molar-refractivity contribution in [3.8, 4) is 11.5 Å². The first-order valence-corrected chi connectivity index (χ1v) is 7.74. The molecule has 0 amide bonds. The van der Waals surface area contributed by atoms with Gasteiger partial charge in [0.25, 0.3) is 0 Å². The average molecular weight is 308 g/mol. The number of nitrogens with one attached hydrogen (secondary N) is 1. The number of primary sulfonamides is 1. The molecule has 0 spiro atoms. The minimum Gasteiger partial charge on any atom is -0.507 e. The van der Waals surface area contributed by atoms with E-state index in [4.69, 9.17) is 5.14 Å². The Morgan fingerprint density at radius 1 is 1.05 bits per heavy atom. The fraction of sp³-hybridized carbons (Fsp3) is 0.143. The molecule has 2 rings (SSSR count). The highest BCUT2D eigenvalue weighted by atomic mass is 32.2. The van der Waals surface area contributed by atoms with Gasteiger partial charge >= 0.3 is 0 Å². The summed E-state index contributed by atoms with van der Waals surface area (Å²) < 4.78 is 22.3. The van der Waals surface area contributed by atoms with Crippen LogP contribution in [0.5, 0.6) is 11.5 Å². The quantitative estimate of drug-likeness (QED) is 0.689. The van der Waals surface area contributed by atoms with E-state index in [-0.39, 0.29) is 22.4 Å². The zero-order chi connectivity index (χ0) is 15.6. The molecule has 0 aliphatic rings. The molecule has 1 atom stereocenters. The van der Waals surface area contributed by atoms with Gasteiger partial charge in [-0.2, -0.15) is 0 Å². The van der Waals surface area contributed by atoms with E-state index in [9.17, 15) is 18.6 Å². The van der Waals surface area contributed by atoms with Crippen molar-refractivity contribution in [1.29, 1.82) is 0 Å². The van der Waals surface area contributed by atoms with Gasteiger partial charge in [-0.05, 0) is 43.3 Å². The average Bonchev–Trinajstić information content (AvgIpc) is 2.38. The molecular formula is C14H16N2O4S. The number of anilines is 1. The zero-order valence-electron chi connectivity index (χ0n) is 11.3. The third kappa shape index (κ3) is 3.45. The second-order valence-corrected chi connectivity index (χ2v) is 6.21. The van der Waals surface area contributed by atoms with Crippen molar-refractivity contribution in [2.75, 3.05) is 5.32 Å². The molecule has 0 bridgehead atoms. The number of phenolic OH excluding ortho intramolecular Hbond substituents is 2. The van der Waals surface area contributed by atoms with Gasteiger partial charge in [0.05, 0.1) is 16.5 Å². The highest BCUT2D eigenvalue weighted by Crippen LogP contribution is 2.34. The maximum absolute atomic E-state index is 11.2. The van der Waals surface area contributed by atoms with Crippen LogP contribution < -0.4 is 10.5 Å². The molecule has 112 valence electrons. The van der Waals surface area contributed by atoms with E-state index in [2.05, 4.69) is 5.32 Å². The minimum absolute atomic E-state index is 0.0174. The standard InChI is InChI=1S/C14H16N2O4S/c1-9(14-12(17)3-2-4-13(14)18)16-10-5-7-11(8-6-10)21(15,19)20/h2-9,16-18H,1H3,(H2,15,19,20). The highest BCUT2D eigenvalue weighted by molar-refractivity contribution is 7.89. The first kappa shape index (κ1) is 15.1. The Kier molecular flexibility index (Phi) is 4.06. The fourth-order valence-electron chi connectivity index (χ4n) is 2.05. The first-order valence-electron chi connectivity index (χ1n) is 6.19. The van der Waals surface area contributed by atoms with Gasteiger partial charge in [0.1, 0.15) is 11.5 Å². The molecule has 0 fully saturated rings. The maximum Gasteiger partial charge on any atom is 0.238 e. The van der Waals surface area contributed by atoms with Crippen molar-refractivity contribution in [3.63, 3.8) is 0 Å². The van der Waals surface area contributed by atoms with Crippen molar-refractivity contribution in [2.24, 2.45) is 5.14 Å². The van der Waals surface area contributed by atoms with Crippen molar-refractivity contribution in [3.05, 3.63) is 48.0 Å². The second-order valence-electron chi connectivity index (χ2n) is 4.65. The molecule has 7 heteroatoms. The SMILES string of the molecule is CC(Nc1ccc(S(N)(=O)=O)cc1)c1c(O)cccc1O. The van der Waals surface area contributed by atoms with Crippen LogP contribution in [0.3, 0.4) is 0 Å². The smallest absolute Gasteiger partial charge is 0.238 e. The van der Waals surface area contributed by atoms with Gasteiger partial charge in [-0.1, -0.05) is 6.07 Å². The van der Waals surface area contributed by atoms with Crippen LogP contribution in [0, 0.1) is 0 Å². The van der Waals surface area contributed by atoms with Crippen molar-refractivity contribution < 1.29 is 18.6 Å². The Morgan fingerprint density at radius 3 is 2.05 bits per heavy atom. The monoisotopic (exact) mass is 308 g/mol. The lowest BCUT2D eigenvalue weighted by atomic mass is 10.1. The number of nitrogens with two attached hydrogens (primary N) is 1. The Balaban J connectivity index is 2.22. The Morgan fingerprint density at radius 2 is 1.57 bits per heavy atom. The highest BCUT2D eigenvalue weighted by Gasteiger charge is 2.15. The fourth-order valence-corrected chi connectivity index (χ4v) is 2.56. The van der Waals surface area contributed by atoms with Crippen molar-refractivity contribution >= 4 is 15.7 Å². The summed E-state index contributed by atoms with van der Waals surface area (Å²) in [5.74, 6) is -0.0349. The number of sulfonamides is 1. The summed E-state index contributed by atoms with van der Waals surface area (Å²) in [6, 6.07) is 10.0.